The van der Waals surface area contributed by atoms with Crippen molar-refractivity contribution in [2.75, 3.05) is 0 Å². The summed E-state index contributed by atoms with van der Waals surface area (Å²) in [4.78, 5) is 21.3. The van der Waals surface area contributed by atoms with E-state index in [0.717, 1.165) is 5.56 Å². The highest BCUT2D eigenvalue weighted by Crippen LogP contribution is 2.07. The van der Waals surface area contributed by atoms with Gasteiger partial charge in [0.1, 0.15) is 6.04 Å². The van der Waals surface area contributed by atoms with Crippen molar-refractivity contribution in [3.8, 4) is 0 Å². The van der Waals surface area contributed by atoms with Crippen molar-refractivity contribution in [1.29, 1.82) is 0 Å². The SMILES string of the molecule is NC(=O)c1ccc(CCC(N)C(=O)O)cc1. The van der Waals surface area contributed by atoms with Gasteiger partial charge in [-0.2, -0.15) is 0 Å². The lowest BCUT2D eigenvalue weighted by molar-refractivity contribution is -0.138. The van der Waals surface area contributed by atoms with E-state index in [2.05, 4.69) is 0 Å². The molecule has 1 unspecified atom stereocenters. The number of aliphatic carboxylic acids is 1. The van der Waals surface area contributed by atoms with Gasteiger partial charge in [-0.3, -0.25) is 9.59 Å². The fraction of sp³-hybridized carbons (Fsp3) is 0.273. The first-order valence-electron chi connectivity index (χ1n) is 4.88. The molecule has 5 heteroatoms. The molecule has 0 saturated heterocycles. The fourth-order valence-electron chi connectivity index (χ4n) is 1.28. The fourth-order valence-corrected chi connectivity index (χ4v) is 1.28. The van der Waals surface area contributed by atoms with Gasteiger partial charge in [-0.1, -0.05) is 12.1 Å². The number of nitrogens with two attached hydrogens (primary N) is 2. The number of carbonyl (C=O) groups is 2. The first kappa shape index (κ1) is 12.2. The molecule has 0 bridgehead atoms. The summed E-state index contributed by atoms with van der Waals surface area (Å²) < 4.78 is 0. The minimum Gasteiger partial charge on any atom is -0.480 e. The van der Waals surface area contributed by atoms with Crippen molar-refractivity contribution in [3.05, 3.63) is 35.4 Å². The predicted molar refractivity (Wildman–Crippen MR) is 58.9 cm³/mol. The van der Waals surface area contributed by atoms with Gasteiger partial charge in [-0.05, 0) is 30.5 Å². The summed E-state index contributed by atoms with van der Waals surface area (Å²) in [7, 11) is 0. The first-order valence-corrected chi connectivity index (χ1v) is 4.88. The lowest BCUT2D eigenvalue weighted by atomic mass is 10.0. The summed E-state index contributed by atoms with van der Waals surface area (Å²) in [6.45, 7) is 0. The second-order valence-electron chi connectivity index (χ2n) is 3.54. The summed E-state index contributed by atoms with van der Waals surface area (Å²) >= 11 is 0. The second-order valence-corrected chi connectivity index (χ2v) is 3.54. The topological polar surface area (TPSA) is 106 Å². The Bertz CT molecular complexity index is 387. The molecule has 16 heavy (non-hydrogen) atoms. The molecular weight excluding hydrogens is 208 g/mol. The molecule has 0 radical (unpaired) electrons. The summed E-state index contributed by atoms with van der Waals surface area (Å²) in [5, 5.41) is 8.59. The molecule has 0 fully saturated rings. The van der Waals surface area contributed by atoms with E-state index in [9.17, 15) is 9.59 Å². The van der Waals surface area contributed by atoms with Crippen LogP contribution in [0.5, 0.6) is 0 Å². The summed E-state index contributed by atoms with van der Waals surface area (Å²) in [6.07, 6.45) is 0.928. The third kappa shape index (κ3) is 3.36. The minimum absolute atomic E-state index is 0.366. The Morgan fingerprint density at radius 3 is 2.25 bits per heavy atom. The number of rotatable bonds is 5. The van der Waals surface area contributed by atoms with Crippen LogP contribution in [0.2, 0.25) is 0 Å². The van der Waals surface area contributed by atoms with Crippen LogP contribution in [0.1, 0.15) is 22.3 Å². The quantitative estimate of drug-likeness (QED) is 0.658. The summed E-state index contributed by atoms with van der Waals surface area (Å²) in [5.41, 5.74) is 11.8. The summed E-state index contributed by atoms with van der Waals surface area (Å²) in [5.74, 6) is -1.48. The number of carbonyl (C=O) groups excluding carboxylic acids is 1. The van der Waals surface area contributed by atoms with Crippen LogP contribution in [-0.4, -0.2) is 23.0 Å². The maximum Gasteiger partial charge on any atom is 0.320 e. The van der Waals surface area contributed by atoms with Crippen LogP contribution in [-0.2, 0) is 11.2 Å². The molecule has 0 aliphatic heterocycles. The van der Waals surface area contributed by atoms with E-state index >= 15 is 0 Å². The lowest BCUT2D eigenvalue weighted by Crippen LogP contribution is -2.30. The number of hydrogen-bond donors (Lipinski definition) is 3. The maximum atomic E-state index is 10.8. The predicted octanol–water partition coefficient (Wildman–Crippen LogP) is 0.130. The molecule has 5 N–H and O–H groups in total. The van der Waals surface area contributed by atoms with Gasteiger partial charge in [0.2, 0.25) is 5.91 Å². The first-order chi connectivity index (χ1) is 7.50. The zero-order valence-electron chi connectivity index (χ0n) is 8.72. The molecule has 5 nitrogen and oxygen atoms in total. The largest absolute Gasteiger partial charge is 0.480 e. The van der Waals surface area contributed by atoms with Crippen LogP contribution >= 0.6 is 0 Å². The van der Waals surface area contributed by atoms with Gasteiger partial charge < -0.3 is 16.6 Å². The number of hydrogen-bond acceptors (Lipinski definition) is 3. The molecular formula is C11H14N2O3. The van der Waals surface area contributed by atoms with E-state index in [-0.39, 0.29) is 0 Å². The van der Waals surface area contributed by atoms with Crippen LogP contribution in [0.15, 0.2) is 24.3 Å². The molecule has 1 amide bonds. The highest BCUT2D eigenvalue weighted by Gasteiger charge is 2.10. The number of carboxylic acids is 1. The monoisotopic (exact) mass is 222 g/mol. The molecule has 0 aliphatic carbocycles. The Morgan fingerprint density at radius 2 is 1.81 bits per heavy atom. The molecule has 1 aromatic carbocycles. The number of carboxylic acid groups (broad SMARTS) is 1. The van der Waals surface area contributed by atoms with Gasteiger partial charge in [-0.15, -0.1) is 0 Å². The van der Waals surface area contributed by atoms with Crippen LogP contribution in [0.4, 0.5) is 0 Å². The second kappa shape index (κ2) is 5.27. The van der Waals surface area contributed by atoms with Crippen LogP contribution in [0.3, 0.4) is 0 Å². The minimum atomic E-state index is -1.01. The van der Waals surface area contributed by atoms with Crippen molar-refractivity contribution >= 4 is 11.9 Å². The van der Waals surface area contributed by atoms with Gasteiger partial charge in [0.15, 0.2) is 0 Å². The van der Waals surface area contributed by atoms with Gasteiger partial charge in [0.25, 0.3) is 0 Å². The number of aryl methyl sites for hydroxylation is 1. The van der Waals surface area contributed by atoms with E-state index in [1.54, 1.807) is 24.3 Å². The van der Waals surface area contributed by atoms with Crippen molar-refractivity contribution in [1.82, 2.24) is 0 Å². The standard InChI is InChI=1S/C11H14N2O3/c12-9(11(15)16)6-3-7-1-4-8(5-2-7)10(13)14/h1-2,4-5,9H,3,6,12H2,(H2,13,14)(H,15,16). The van der Waals surface area contributed by atoms with Crippen LogP contribution < -0.4 is 11.5 Å². The molecule has 0 saturated carbocycles. The molecule has 1 atom stereocenters. The smallest absolute Gasteiger partial charge is 0.320 e. The maximum absolute atomic E-state index is 10.8. The average molecular weight is 222 g/mol. The van der Waals surface area contributed by atoms with Gasteiger partial charge in [0, 0.05) is 5.56 Å². The van der Waals surface area contributed by atoms with E-state index in [0.29, 0.717) is 18.4 Å². The van der Waals surface area contributed by atoms with Crippen molar-refractivity contribution in [2.45, 2.75) is 18.9 Å². The van der Waals surface area contributed by atoms with Crippen molar-refractivity contribution < 1.29 is 14.7 Å². The Hall–Kier alpha value is -1.88. The Kier molecular flexibility index (Phi) is 4.02. The molecule has 0 aromatic heterocycles. The zero-order chi connectivity index (χ0) is 12.1. The van der Waals surface area contributed by atoms with E-state index in [4.69, 9.17) is 16.6 Å². The third-order valence-corrected chi connectivity index (χ3v) is 2.30. The molecule has 0 aliphatic rings. The average Bonchev–Trinajstić information content (AvgIpc) is 2.26. The Morgan fingerprint density at radius 1 is 1.25 bits per heavy atom. The van der Waals surface area contributed by atoms with Gasteiger partial charge >= 0.3 is 5.97 Å². The highest BCUT2D eigenvalue weighted by atomic mass is 16.4. The van der Waals surface area contributed by atoms with Crippen LogP contribution in [0.25, 0.3) is 0 Å². The highest BCUT2D eigenvalue weighted by molar-refractivity contribution is 5.92. The third-order valence-electron chi connectivity index (χ3n) is 2.30. The van der Waals surface area contributed by atoms with Crippen molar-refractivity contribution in [3.63, 3.8) is 0 Å². The van der Waals surface area contributed by atoms with Crippen LogP contribution in [0, 0.1) is 0 Å². The molecule has 86 valence electrons. The molecule has 0 heterocycles. The van der Waals surface area contributed by atoms with E-state index in [1.807, 2.05) is 0 Å². The molecule has 0 spiro atoms. The Balaban J connectivity index is 2.56. The zero-order valence-corrected chi connectivity index (χ0v) is 8.72. The van der Waals surface area contributed by atoms with Gasteiger partial charge in [-0.25, -0.2) is 0 Å². The van der Waals surface area contributed by atoms with Crippen molar-refractivity contribution in [2.24, 2.45) is 11.5 Å². The summed E-state index contributed by atoms with van der Waals surface area (Å²) in [6, 6.07) is 5.87. The normalized spacial score (nSPS) is 12.1. The number of benzene rings is 1. The molecule has 1 aromatic rings. The van der Waals surface area contributed by atoms with Gasteiger partial charge in [0.05, 0.1) is 0 Å². The number of amides is 1. The van der Waals surface area contributed by atoms with E-state index < -0.39 is 17.9 Å². The molecule has 1 rings (SSSR count). The van der Waals surface area contributed by atoms with E-state index in [1.165, 1.54) is 0 Å². The number of primary amides is 1. The lowest BCUT2D eigenvalue weighted by Gasteiger charge is -2.06. The Labute approximate surface area is 93.1 Å².